The molecule has 2 aromatic rings. The third-order valence-corrected chi connectivity index (χ3v) is 4.88. The average molecular weight is 372 g/mol. The highest BCUT2D eigenvalue weighted by Gasteiger charge is 2.37. The second-order valence-electron chi connectivity index (χ2n) is 6.19. The van der Waals surface area contributed by atoms with Gasteiger partial charge in [0, 0.05) is 29.2 Å². The van der Waals surface area contributed by atoms with E-state index in [1.165, 1.54) is 0 Å². The van der Waals surface area contributed by atoms with Gasteiger partial charge in [-0.25, -0.2) is 0 Å². The molecule has 26 heavy (non-hydrogen) atoms. The maximum absolute atomic E-state index is 12.6. The lowest BCUT2D eigenvalue weighted by atomic mass is 10.1. The molecule has 1 aromatic heterocycles. The van der Waals surface area contributed by atoms with Crippen molar-refractivity contribution in [2.24, 2.45) is 0 Å². The first-order valence-corrected chi connectivity index (χ1v) is 9.25. The van der Waals surface area contributed by atoms with Crippen molar-refractivity contribution in [1.29, 1.82) is 0 Å². The van der Waals surface area contributed by atoms with E-state index in [-0.39, 0.29) is 12.6 Å². The minimum Gasteiger partial charge on any atom is -0.462 e. The Morgan fingerprint density at radius 2 is 2.00 bits per heavy atom. The molecule has 0 bridgehead atoms. The number of imide groups is 1. The molecule has 2 heterocycles. The quantitative estimate of drug-likeness (QED) is 0.592. The highest BCUT2D eigenvalue weighted by Crippen LogP contribution is 2.34. The Labute approximate surface area is 155 Å². The summed E-state index contributed by atoms with van der Waals surface area (Å²) in [6, 6.07) is 7.90. The van der Waals surface area contributed by atoms with Crippen LogP contribution >= 0.6 is 11.8 Å². The Kier molecular flexibility index (Phi) is 5.18. The molecular formula is C19H20N2O4S. The molecular weight excluding hydrogens is 352 g/mol. The van der Waals surface area contributed by atoms with E-state index in [9.17, 15) is 14.4 Å². The fraction of sp³-hybridized carbons (Fsp3) is 0.316. The molecule has 6 nitrogen and oxygen atoms in total. The highest BCUT2D eigenvalue weighted by atomic mass is 32.2. The molecule has 1 aliphatic heterocycles. The molecule has 1 fully saturated rings. The first-order chi connectivity index (χ1) is 12.4. The van der Waals surface area contributed by atoms with Crippen molar-refractivity contribution in [2.45, 2.75) is 33.4 Å². The number of ether oxygens (including phenoxy) is 1. The van der Waals surface area contributed by atoms with Crippen molar-refractivity contribution < 1.29 is 19.1 Å². The number of hydrogen-bond acceptors (Lipinski definition) is 5. The molecule has 0 N–H and O–H groups in total. The monoisotopic (exact) mass is 372 g/mol. The van der Waals surface area contributed by atoms with Gasteiger partial charge >= 0.3 is 5.97 Å². The number of fused-ring (bicyclic) bond motifs is 1. The van der Waals surface area contributed by atoms with E-state index in [1.807, 2.05) is 37.4 Å². The molecule has 136 valence electrons. The topological polar surface area (TPSA) is 68.6 Å². The number of esters is 1. The van der Waals surface area contributed by atoms with Crippen LogP contribution in [0.2, 0.25) is 0 Å². The van der Waals surface area contributed by atoms with Crippen molar-refractivity contribution in [1.82, 2.24) is 9.47 Å². The van der Waals surface area contributed by atoms with Gasteiger partial charge in [-0.2, -0.15) is 0 Å². The molecule has 0 spiro atoms. The van der Waals surface area contributed by atoms with E-state index in [0.29, 0.717) is 4.91 Å². The lowest BCUT2D eigenvalue weighted by Crippen LogP contribution is -2.35. The fourth-order valence-corrected chi connectivity index (χ4v) is 3.69. The Morgan fingerprint density at radius 1 is 1.27 bits per heavy atom. The second-order valence-corrected chi connectivity index (χ2v) is 7.19. The number of nitrogens with zero attached hydrogens (tertiary/aromatic N) is 2. The number of para-hydroxylation sites is 1. The number of amides is 2. The zero-order chi connectivity index (χ0) is 18.8. The summed E-state index contributed by atoms with van der Waals surface area (Å²) in [6.45, 7) is 5.92. The predicted octanol–water partition coefficient (Wildman–Crippen LogP) is 3.65. The number of carbonyl (C=O) groups is 3. The largest absolute Gasteiger partial charge is 0.462 e. The number of thioether (sulfide) groups is 1. The number of benzene rings is 1. The predicted molar refractivity (Wildman–Crippen MR) is 102 cm³/mol. The third-order valence-electron chi connectivity index (χ3n) is 3.97. The summed E-state index contributed by atoms with van der Waals surface area (Å²) in [5, 5.41) is 0.557. The van der Waals surface area contributed by atoms with Crippen molar-refractivity contribution >= 4 is 45.9 Å². The molecule has 0 atom stereocenters. The van der Waals surface area contributed by atoms with E-state index in [1.54, 1.807) is 19.9 Å². The molecule has 7 heteroatoms. The van der Waals surface area contributed by atoms with Crippen LogP contribution in [0.25, 0.3) is 17.0 Å². The Morgan fingerprint density at radius 3 is 2.69 bits per heavy atom. The smallest absolute Gasteiger partial charge is 0.326 e. The van der Waals surface area contributed by atoms with Gasteiger partial charge in [0.2, 0.25) is 0 Å². The van der Waals surface area contributed by atoms with Crippen molar-refractivity contribution in [2.75, 3.05) is 6.54 Å². The van der Waals surface area contributed by atoms with E-state index < -0.39 is 17.1 Å². The summed E-state index contributed by atoms with van der Waals surface area (Å²) in [5.74, 6) is -1.06. The minimum absolute atomic E-state index is 0.293. The van der Waals surface area contributed by atoms with Gasteiger partial charge in [-0.05, 0) is 44.7 Å². The zero-order valence-electron chi connectivity index (χ0n) is 14.9. The zero-order valence-corrected chi connectivity index (χ0v) is 15.7. The molecule has 3 rings (SSSR count). The van der Waals surface area contributed by atoms with E-state index in [2.05, 4.69) is 4.57 Å². The van der Waals surface area contributed by atoms with Crippen LogP contribution in [-0.2, 0) is 20.9 Å². The van der Waals surface area contributed by atoms with Crippen molar-refractivity contribution in [3.63, 3.8) is 0 Å². The van der Waals surface area contributed by atoms with Gasteiger partial charge < -0.3 is 9.30 Å². The summed E-state index contributed by atoms with van der Waals surface area (Å²) in [5.41, 5.74) is 1.94. The highest BCUT2D eigenvalue weighted by molar-refractivity contribution is 8.18. The van der Waals surface area contributed by atoms with Gasteiger partial charge in [0.25, 0.3) is 11.1 Å². The fourth-order valence-electron chi connectivity index (χ4n) is 2.86. The molecule has 1 aliphatic rings. The summed E-state index contributed by atoms with van der Waals surface area (Å²) in [6.07, 6.45) is 3.39. The normalized spacial score (nSPS) is 16.3. The number of rotatable bonds is 5. The lowest BCUT2D eigenvalue weighted by Gasteiger charge is -2.13. The van der Waals surface area contributed by atoms with Gasteiger partial charge in [0.15, 0.2) is 0 Å². The molecule has 2 amide bonds. The maximum Gasteiger partial charge on any atom is 0.326 e. The summed E-state index contributed by atoms with van der Waals surface area (Å²) in [4.78, 5) is 37.7. The van der Waals surface area contributed by atoms with E-state index >= 15 is 0 Å². The SMILES string of the molecule is CCn1cc(/C=C2\SC(=O)N(CC(=O)OC(C)C)C2=O)c2ccccc21. The summed E-state index contributed by atoms with van der Waals surface area (Å²) in [7, 11) is 0. The Balaban J connectivity index is 1.88. The van der Waals surface area contributed by atoms with Gasteiger partial charge in [0.1, 0.15) is 6.54 Å². The Hall–Kier alpha value is -2.54. The second kappa shape index (κ2) is 7.37. The van der Waals surface area contributed by atoms with Crippen LogP contribution in [0.5, 0.6) is 0 Å². The Bertz CT molecular complexity index is 913. The van der Waals surface area contributed by atoms with Gasteiger partial charge in [-0.1, -0.05) is 18.2 Å². The summed E-state index contributed by atoms with van der Waals surface area (Å²) < 4.78 is 7.11. The lowest BCUT2D eigenvalue weighted by molar-refractivity contribution is -0.149. The van der Waals surface area contributed by atoms with Crippen LogP contribution in [0.15, 0.2) is 35.4 Å². The minimum atomic E-state index is -0.592. The van der Waals surface area contributed by atoms with Crippen LogP contribution in [0, 0.1) is 0 Å². The van der Waals surface area contributed by atoms with E-state index in [0.717, 1.165) is 39.7 Å². The summed E-state index contributed by atoms with van der Waals surface area (Å²) >= 11 is 0.844. The van der Waals surface area contributed by atoms with E-state index in [4.69, 9.17) is 4.74 Å². The third kappa shape index (κ3) is 3.53. The molecule has 0 aliphatic carbocycles. The molecule has 0 unspecified atom stereocenters. The number of hydrogen-bond donors (Lipinski definition) is 0. The number of aromatic nitrogens is 1. The van der Waals surface area contributed by atoms with Gasteiger partial charge in [-0.15, -0.1) is 0 Å². The number of aryl methyl sites for hydroxylation is 1. The van der Waals surface area contributed by atoms with Crippen LogP contribution < -0.4 is 0 Å². The van der Waals surface area contributed by atoms with Crippen LogP contribution in [-0.4, -0.2) is 39.2 Å². The van der Waals surface area contributed by atoms with Crippen molar-refractivity contribution in [3.8, 4) is 0 Å². The van der Waals surface area contributed by atoms with Crippen molar-refractivity contribution in [3.05, 3.63) is 40.9 Å². The molecule has 0 saturated carbocycles. The average Bonchev–Trinajstić information content (AvgIpc) is 3.07. The van der Waals surface area contributed by atoms with Crippen LogP contribution in [0.1, 0.15) is 26.3 Å². The van der Waals surface area contributed by atoms with Gasteiger partial charge in [0.05, 0.1) is 11.0 Å². The first kappa shape index (κ1) is 18.3. The van der Waals surface area contributed by atoms with Gasteiger partial charge in [-0.3, -0.25) is 19.3 Å². The first-order valence-electron chi connectivity index (χ1n) is 8.43. The molecule has 1 aromatic carbocycles. The molecule has 1 saturated heterocycles. The maximum atomic E-state index is 12.6. The number of carbonyl (C=O) groups excluding carboxylic acids is 3. The van der Waals surface area contributed by atoms with Crippen LogP contribution in [0.4, 0.5) is 4.79 Å². The standard InChI is InChI=1S/C19H20N2O4S/c1-4-20-10-13(14-7-5-6-8-15(14)20)9-16-18(23)21(19(24)26-16)11-17(22)25-12(2)3/h5-10,12H,4,11H2,1-3H3/b16-9-. The van der Waals surface area contributed by atoms with Crippen LogP contribution in [0.3, 0.4) is 0 Å². The molecule has 0 radical (unpaired) electrons.